The minimum atomic E-state index is -1.25. The third-order valence-corrected chi connectivity index (χ3v) is 8.35. The molecule has 3 aliphatic rings. The van der Waals surface area contributed by atoms with Crippen molar-refractivity contribution in [1.29, 1.82) is 0 Å². The number of ether oxygens (including phenoxy) is 3. The Labute approximate surface area is 225 Å². The van der Waals surface area contributed by atoms with Crippen LogP contribution in [-0.4, -0.2) is 83.3 Å². The first kappa shape index (κ1) is 27.3. The number of aliphatic hydroxyl groups is 1. The van der Waals surface area contributed by atoms with E-state index in [1.165, 1.54) is 9.80 Å². The number of alkyl halides is 1. The number of likely N-dealkylation sites (tertiary alicyclic amines) is 1. The molecule has 200 valence electrons. The van der Waals surface area contributed by atoms with Gasteiger partial charge in [-0.25, -0.2) is 0 Å². The summed E-state index contributed by atoms with van der Waals surface area (Å²) in [6, 6.07) is 5.28. The maximum Gasteiger partial charge on any atom is 0.312 e. The fourth-order valence-corrected chi connectivity index (χ4v) is 6.82. The fraction of sp³-hybridized carbons (Fsp3) is 0.519. The molecule has 0 radical (unpaired) electrons. The molecule has 9 nitrogen and oxygen atoms in total. The Morgan fingerprint density at radius 3 is 2.62 bits per heavy atom. The summed E-state index contributed by atoms with van der Waals surface area (Å²) in [6.07, 6.45) is 3.49. The summed E-state index contributed by atoms with van der Waals surface area (Å²) in [5, 5.41) is 10.0. The molecule has 0 aromatic heterocycles. The monoisotopic (exact) mass is 576 g/mol. The predicted octanol–water partition coefficient (Wildman–Crippen LogP) is 2.46. The quantitative estimate of drug-likeness (QED) is 0.187. The highest BCUT2D eigenvalue weighted by Crippen LogP contribution is 2.60. The van der Waals surface area contributed by atoms with Gasteiger partial charge in [0.25, 0.3) is 5.91 Å². The Morgan fingerprint density at radius 2 is 2.03 bits per heavy atom. The van der Waals surface area contributed by atoms with E-state index in [4.69, 9.17) is 14.2 Å². The van der Waals surface area contributed by atoms with Crippen molar-refractivity contribution >= 4 is 39.4 Å². The number of amides is 2. The number of aliphatic hydroxyl groups excluding tert-OH is 1. The Hall–Kier alpha value is -2.69. The molecule has 3 saturated heterocycles. The Morgan fingerprint density at radius 1 is 1.32 bits per heavy atom. The summed E-state index contributed by atoms with van der Waals surface area (Å²) >= 11 is 3.63. The molecule has 37 heavy (non-hydrogen) atoms. The van der Waals surface area contributed by atoms with Crippen LogP contribution in [0.3, 0.4) is 0 Å². The van der Waals surface area contributed by atoms with Crippen molar-refractivity contribution in [3.8, 4) is 5.75 Å². The number of hydrogen-bond acceptors (Lipinski definition) is 7. The van der Waals surface area contributed by atoms with Crippen LogP contribution in [0.15, 0.2) is 49.6 Å². The molecular formula is C27H33BrN2O7. The van der Waals surface area contributed by atoms with Gasteiger partial charge in [0.2, 0.25) is 5.91 Å². The first-order valence-corrected chi connectivity index (χ1v) is 13.3. The molecule has 3 aliphatic heterocycles. The molecule has 4 rings (SSSR count). The van der Waals surface area contributed by atoms with E-state index in [1.54, 1.807) is 50.5 Å². The van der Waals surface area contributed by atoms with E-state index in [1.807, 2.05) is 0 Å². The lowest BCUT2D eigenvalue weighted by atomic mass is 9.70. The molecule has 3 heterocycles. The fourth-order valence-electron chi connectivity index (χ4n) is 5.88. The molecule has 10 heteroatoms. The summed E-state index contributed by atoms with van der Waals surface area (Å²) in [5.41, 5.74) is -0.650. The second-order valence-corrected chi connectivity index (χ2v) is 10.8. The number of methoxy groups -OCH3 is 1. The normalized spacial score (nSPS) is 30.5. The summed E-state index contributed by atoms with van der Waals surface area (Å²) in [6.45, 7) is 9.11. The van der Waals surface area contributed by atoms with Gasteiger partial charge in [0.05, 0.1) is 44.3 Å². The van der Waals surface area contributed by atoms with Gasteiger partial charge in [-0.3, -0.25) is 14.4 Å². The van der Waals surface area contributed by atoms with Crippen molar-refractivity contribution in [2.24, 2.45) is 11.8 Å². The van der Waals surface area contributed by atoms with E-state index in [2.05, 4.69) is 29.1 Å². The molecule has 1 aromatic carbocycles. The van der Waals surface area contributed by atoms with Gasteiger partial charge in [0, 0.05) is 17.1 Å². The molecule has 3 fully saturated rings. The summed E-state index contributed by atoms with van der Waals surface area (Å²) in [5.74, 6) is -2.41. The zero-order valence-electron chi connectivity index (χ0n) is 21.0. The number of rotatable bonds is 11. The lowest BCUT2D eigenvalue weighted by Gasteiger charge is -2.38. The molecule has 7 atom stereocenters. The molecule has 2 bridgehead atoms. The topological polar surface area (TPSA) is 106 Å². The van der Waals surface area contributed by atoms with Gasteiger partial charge < -0.3 is 29.1 Å². The maximum absolute atomic E-state index is 14.3. The molecular weight excluding hydrogens is 544 g/mol. The van der Waals surface area contributed by atoms with Crippen LogP contribution in [0.2, 0.25) is 0 Å². The highest BCUT2D eigenvalue weighted by Gasteiger charge is 2.77. The number of nitrogens with zero attached hydrogens (tertiary/aromatic N) is 2. The van der Waals surface area contributed by atoms with Crippen LogP contribution in [0.1, 0.15) is 19.8 Å². The number of halogens is 1. The molecule has 1 N–H and O–H groups in total. The smallest absolute Gasteiger partial charge is 0.312 e. The second kappa shape index (κ2) is 11.0. The molecule has 2 amide bonds. The maximum atomic E-state index is 14.3. The highest BCUT2D eigenvalue weighted by atomic mass is 79.9. The first-order valence-electron chi connectivity index (χ1n) is 12.3. The number of carbonyl (C=O) groups is 3. The lowest BCUT2D eigenvalue weighted by Crippen LogP contribution is -2.58. The molecule has 0 aliphatic carbocycles. The summed E-state index contributed by atoms with van der Waals surface area (Å²) < 4.78 is 17.2. The van der Waals surface area contributed by atoms with Crippen LogP contribution in [-0.2, 0) is 23.9 Å². The van der Waals surface area contributed by atoms with Crippen LogP contribution in [0.4, 0.5) is 5.69 Å². The van der Waals surface area contributed by atoms with E-state index in [9.17, 15) is 19.5 Å². The van der Waals surface area contributed by atoms with Crippen molar-refractivity contribution in [3.63, 3.8) is 0 Å². The van der Waals surface area contributed by atoms with Crippen LogP contribution in [0.5, 0.6) is 5.75 Å². The zero-order valence-corrected chi connectivity index (χ0v) is 22.6. The van der Waals surface area contributed by atoms with Gasteiger partial charge >= 0.3 is 5.97 Å². The minimum absolute atomic E-state index is 0.149. The number of esters is 1. The molecule has 1 aromatic rings. The van der Waals surface area contributed by atoms with Crippen molar-refractivity contribution < 1.29 is 33.7 Å². The van der Waals surface area contributed by atoms with Gasteiger partial charge in [-0.05, 0) is 44.0 Å². The molecule has 1 spiro atoms. The average Bonchev–Trinajstić information content (AvgIpc) is 3.50. The lowest BCUT2D eigenvalue weighted by molar-refractivity contribution is -0.155. The second-order valence-electron chi connectivity index (χ2n) is 9.62. The van der Waals surface area contributed by atoms with Crippen LogP contribution in [0.25, 0.3) is 0 Å². The predicted molar refractivity (Wildman–Crippen MR) is 140 cm³/mol. The third-order valence-electron chi connectivity index (χ3n) is 7.50. The number of fused-ring (bicyclic) bond motifs is 1. The van der Waals surface area contributed by atoms with E-state index in [-0.39, 0.29) is 36.4 Å². The standard InChI is InChI=1S/C27H33BrN2O7/c1-5-7-13-36-26(34)20-21-24(32)30(16(3)15-31)23(27(21)14-19(28)22(20)37-27)25(33)29(12-6-2)17-8-10-18(35-4)11-9-17/h5-6,8-11,16,19-23,31H,1-2,7,12-15H2,3-4H3/t16-,19?,20-,21+,22-,23?,27?/m1/s1. The average molecular weight is 577 g/mol. The van der Waals surface area contributed by atoms with Gasteiger partial charge in [-0.1, -0.05) is 28.1 Å². The Kier molecular flexibility index (Phi) is 8.11. The van der Waals surface area contributed by atoms with Crippen molar-refractivity contribution in [3.05, 3.63) is 49.6 Å². The van der Waals surface area contributed by atoms with E-state index in [0.29, 0.717) is 24.3 Å². The van der Waals surface area contributed by atoms with Gasteiger partial charge in [-0.15, -0.1) is 13.2 Å². The van der Waals surface area contributed by atoms with Gasteiger partial charge in [-0.2, -0.15) is 0 Å². The Balaban J connectivity index is 1.76. The van der Waals surface area contributed by atoms with Crippen molar-refractivity contribution in [2.45, 2.75) is 48.4 Å². The van der Waals surface area contributed by atoms with Crippen LogP contribution >= 0.6 is 15.9 Å². The summed E-state index contributed by atoms with van der Waals surface area (Å²) in [4.78, 5) is 44.1. The number of benzene rings is 1. The molecule has 3 unspecified atom stereocenters. The van der Waals surface area contributed by atoms with Crippen LogP contribution < -0.4 is 9.64 Å². The van der Waals surface area contributed by atoms with Crippen LogP contribution in [0, 0.1) is 11.8 Å². The Bertz CT molecular complexity index is 1060. The first-order chi connectivity index (χ1) is 17.7. The number of carbonyl (C=O) groups excluding carboxylic acids is 3. The third kappa shape index (κ3) is 4.49. The minimum Gasteiger partial charge on any atom is -0.497 e. The van der Waals surface area contributed by atoms with E-state index >= 15 is 0 Å². The van der Waals surface area contributed by atoms with Crippen molar-refractivity contribution in [1.82, 2.24) is 4.90 Å². The zero-order chi connectivity index (χ0) is 26.9. The molecule has 0 saturated carbocycles. The van der Waals surface area contributed by atoms with Gasteiger partial charge in [0.15, 0.2) is 0 Å². The SMILES string of the molecule is C=CCCOC(=O)[C@H]1[C@@H]2OC3(CC2Br)C(C(=O)N(CC=C)c2ccc(OC)cc2)N([C@H](C)CO)C(=O)[C@H]13. The number of hydrogen-bond donors (Lipinski definition) is 1. The van der Waals surface area contributed by atoms with Crippen molar-refractivity contribution in [2.75, 3.05) is 31.8 Å². The number of anilines is 1. The highest BCUT2D eigenvalue weighted by molar-refractivity contribution is 9.09. The van der Waals surface area contributed by atoms with E-state index < -0.39 is 41.6 Å². The van der Waals surface area contributed by atoms with E-state index in [0.717, 1.165) is 0 Å². The largest absolute Gasteiger partial charge is 0.497 e. The van der Waals surface area contributed by atoms with Gasteiger partial charge in [0.1, 0.15) is 17.4 Å². The summed E-state index contributed by atoms with van der Waals surface area (Å²) in [7, 11) is 1.56.